The molecule has 0 aromatic heterocycles. The van der Waals surface area contributed by atoms with Crippen molar-refractivity contribution in [3.05, 3.63) is 0 Å². The number of nitrogens with zero attached hydrogens (tertiary/aromatic N) is 2. The summed E-state index contributed by atoms with van der Waals surface area (Å²) in [6.07, 6.45) is 6.89. The number of unbranched alkanes of at least 4 members (excludes halogenated alkanes) is 1. The quantitative estimate of drug-likeness (QED) is 0.742. The molecule has 0 aliphatic carbocycles. The van der Waals surface area contributed by atoms with Gasteiger partial charge in [-0.25, -0.2) is 0 Å². The van der Waals surface area contributed by atoms with Gasteiger partial charge in [0.2, 0.25) is 11.8 Å². The molecule has 2 heterocycles. The molecule has 1 N–H and O–H groups in total. The SMILES string of the molecule is CSCCCCC(=O)N1CCCC(N2CCNCC2=O)C1. The van der Waals surface area contributed by atoms with Gasteiger partial charge < -0.3 is 15.1 Å². The fourth-order valence-electron chi connectivity index (χ4n) is 3.12. The molecule has 120 valence electrons. The Morgan fingerprint density at radius 2 is 2.24 bits per heavy atom. The number of hydrogen-bond acceptors (Lipinski definition) is 4. The van der Waals surface area contributed by atoms with E-state index in [4.69, 9.17) is 0 Å². The first kappa shape index (κ1) is 16.6. The van der Waals surface area contributed by atoms with Crippen molar-refractivity contribution < 1.29 is 9.59 Å². The van der Waals surface area contributed by atoms with Crippen molar-refractivity contribution >= 4 is 23.6 Å². The van der Waals surface area contributed by atoms with Crippen LogP contribution in [0.5, 0.6) is 0 Å². The van der Waals surface area contributed by atoms with Gasteiger partial charge in [-0.15, -0.1) is 0 Å². The highest BCUT2D eigenvalue weighted by molar-refractivity contribution is 7.98. The summed E-state index contributed by atoms with van der Waals surface area (Å²) in [7, 11) is 0. The van der Waals surface area contributed by atoms with Crippen LogP contribution in [-0.2, 0) is 9.59 Å². The van der Waals surface area contributed by atoms with Gasteiger partial charge in [0.1, 0.15) is 0 Å². The van der Waals surface area contributed by atoms with Gasteiger partial charge in [0.25, 0.3) is 0 Å². The number of carbonyl (C=O) groups is 2. The molecule has 0 aromatic rings. The maximum Gasteiger partial charge on any atom is 0.236 e. The summed E-state index contributed by atoms with van der Waals surface area (Å²) >= 11 is 1.83. The highest BCUT2D eigenvalue weighted by atomic mass is 32.2. The van der Waals surface area contributed by atoms with Crippen LogP contribution >= 0.6 is 11.8 Å². The largest absolute Gasteiger partial charge is 0.341 e. The molecule has 2 saturated heterocycles. The van der Waals surface area contributed by atoms with Crippen LogP contribution in [0.25, 0.3) is 0 Å². The van der Waals surface area contributed by atoms with E-state index in [9.17, 15) is 9.59 Å². The zero-order valence-electron chi connectivity index (χ0n) is 13.0. The van der Waals surface area contributed by atoms with Crippen molar-refractivity contribution in [2.24, 2.45) is 0 Å². The number of thioether (sulfide) groups is 1. The van der Waals surface area contributed by atoms with Crippen LogP contribution in [0.3, 0.4) is 0 Å². The number of likely N-dealkylation sites (tertiary alicyclic amines) is 1. The second-order valence-electron chi connectivity index (χ2n) is 5.85. The summed E-state index contributed by atoms with van der Waals surface area (Å²) in [5.41, 5.74) is 0. The van der Waals surface area contributed by atoms with Crippen molar-refractivity contribution in [2.75, 3.05) is 44.7 Å². The summed E-state index contributed by atoms with van der Waals surface area (Å²) in [5.74, 6) is 1.58. The van der Waals surface area contributed by atoms with E-state index in [1.54, 1.807) is 0 Å². The van der Waals surface area contributed by atoms with Crippen LogP contribution < -0.4 is 5.32 Å². The van der Waals surface area contributed by atoms with E-state index in [1.165, 1.54) is 0 Å². The molecule has 2 rings (SSSR count). The Bertz CT molecular complexity index is 365. The van der Waals surface area contributed by atoms with Crippen LogP contribution in [0.15, 0.2) is 0 Å². The Labute approximate surface area is 131 Å². The normalized spacial score (nSPS) is 23.5. The van der Waals surface area contributed by atoms with Gasteiger partial charge in [-0.1, -0.05) is 0 Å². The van der Waals surface area contributed by atoms with Gasteiger partial charge in [-0.3, -0.25) is 9.59 Å². The maximum absolute atomic E-state index is 12.3. The van der Waals surface area contributed by atoms with Crippen molar-refractivity contribution in [1.29, 1.82) is 0 Å². The molecule has 21 heavy (non-hydrogen) atoms. The third-order valence-corrected chi connectivity index (χ3v) is 5.00. The minimum atomic E-state index is 0.181. The third kappa shape index (κ3) is 4.88. The molecule has 2 aliphatic heterocycles. The van der Waals surface area contributed by atoms with E-state index in [2.05, 4.69) is 11.6 Å². The Morgan fingerprint density at radius 3 is 3.00 bits per heavy atom. The standard InChI is InChI=1S/C15H27N3O2S/c1-21-10-3-2-6-14(19)17-8-4-5-13(12-17)18-9-7-16-11-15(18)20/h13,16H,2-12H2,1H3. The molecule has 2 fully saturated rings. The van der Waals surface area contributed by atoms with Gasteiger partial charge in [0.05, 0.1) is 6.54 Å². The van der Waals surface area contributed by atoms with Crippen LogP contribution in [0.1, 0.15) is 32.1 Å². The predicted octanol–water partition coefficient (Wildman–Crippen LogP) is 0.943. The molecule has 2 aliphatic rings. The number of carbonyl (C=O) groups excluding carboxylic acids is 2. The van der Waals surface area contributed by atoms with Gasteiger partial charge >= 0.3 is 0 Å². The molecule has 0 bridgehead atoms. The molecule has 1 unspecified atom stereocenters. The lowest BCUT2D eigenvalue weighted by atomic mass is 10.0. The Hall–Kier alpha value is -0.750. The van der Waals surface area contributed by atoms with Gasteiger partial charge in [-0.2, -0.15) is 11.8 Å². The van der Waals surface area contributed by atoms with E-state index in [0.29, 0.717) is 13.0 Å². The van der Waals surface area contributed by atoms with E-state index >= 15 is 0 Å². The van der Waals surface area contributed by atoms with Crippen LogP contribution in [0.2, 0.25) is 0 Å². The molecule has 1 atom stereocenters. The van der Waals surface area contributed by atoms with Crippen molar-refractivity contribution in [1.82, 2.24) is 15.1 Å². The second-order valence-corrected chi connectivity index (χ2v) is 6.84. The fraction of sp³-hybridized carbons (Fsp3) is 0.867. The molecule has 6 heteroatoms. The zero-order valence-corrected chi connectivity index (χ0v) is 13.8. The molecule has 2 amide bonds. The summed E-state index contributed by atoms with van der Waals surface area (Å²) in [5, 5.41) is 3.10. The van der Waals surface area contributed by atoms with Crippen LogP contribution in [-0.4, -0.2) is 72.4 Å². The summed E-state index contributed by atoms with van der Waals surface area (Å²) in [4.78, 5) is 28.2. The van der Waals surface area contributed by atoms with Gasteiger partial charge in [-0.05, 0) is 37.7 Å². The number of piperazine rings is 1. The molecular weight excluding hydrogens is 286 g/mol. The Morgan fingerprint density at radius 1 is 1.38 bits per heavy atom. The molecular formula is C15H27N3O2S. The first-order valence-corrected chi connectivity index (χ1v) is 9.38. The lowest BCUT2D eigenvalue weighted by Gasteiger charge is -2.41. The number of hydrogen-bond donors (Lipinski definition) is 1. The highest BCUT2D eigenvalue weighted by Crippen LogP contribution is 2.18. The van der Waals surface area contributed by atoms with E-state index < -0.39 is 0 Å². The minimum Gasteiger partial charge on any atom is -0.341 e. The fourth-order valence-corrected chi connectivity index (χ4v) is 3.62. The number of amides is 2. The first-order chi connectivity index (χ1) is 10.2. The van der Waals surface area contributed by atoms with E-state index in [-0.39, 0.29) is 17.9 Å². The Kier molecular flexibility index (Phi) is 6.83. The summed E-state index contributed by atoms with van der Waals surface area (Å²) in [6, 6.07) is 0.225. The molecule has 0 aromatic carbocycles. The average Bonchev–Trinajstić information content (AvgIpc) is 2.52. The molecule has 0 radical (unpaired) electrons. The minimum absolute atomic E-state index is 0.181. The summed E-state index contributed by atoms with van der Waals surface area (Å²) < 4.78 is 0. The van der Waals surface area contributed by atoms with E-state index in [1.807, 2.05) is 21.6 Å². The summed E-state index contributed by atoms with van der Waals surface area (Å²) in [6.45, 7) is 3.68. The average molecular weight is 313 g/mol. The molecule has 0 spiro atoms. The van der Waals surface area contributed by atoms with Gasteiger partial charge in [0, 0.05) is 38.6 Å². The predicted molar refractivity (Wildman–Crippen MR) is 86.4 cm³/mol. The Balaban J connectivity index is 1.79. The lowest BCUT2D eigenvalue weighted by molar-refractivity contribution is -0.140. The van der Waals surface area contributed by atoms with E-state index in [0.717, 1.165) is 57.6 Å². The molecule has 0 saturated carbocycles. The lowest BCUT2D eigenvalue weighted by Crippen LogP contribution is -2.57. The zero-order chi connectivity index (χ0) is 15.1. The van der Waals surface area contributed by atoms with Gasteiger partial charge in [0.15, 0.2) is 0 Å². The van der Waals surface area contributed by atoms with Crippen molar-refractivity contribution in [2.45, 2.75) is 38.1 Å². The van der Waals surface area contributed by atoms with Crippen LogP contribution in [0.4, 0.5) is 0 Å². The third-order valence-electron chi connectivity index (χ3n) is 4.31. The number of rotatable bonds is 6. The van der Waals surface area contributed by atoms with Crippen LogP contribution in [0, 0.1) is 0 Å². The van der Waals surface area contributed by atoms with Crippen molar-refractivity contribution in [3.8, 4) is 0 Å². The number of piperidine rings is 1. The molecule has 5 nitrogen and oxygen atoms in total. The highest BCUT2D eigenvalue weighted by Gasteiger charge is 2.31. The smallest absolute Gasteiger partial charge is 0.236 e. The topological polar surface area (TPSA) is 52.7 Å². The second kappa shape index (κ2) is 8.63. The number of nitrogens with one attached hydrogen (secondary N) is 1. The monoisotopic (exact) mass is 313 g/mol. The maximum atomic E-state index is 12.3. The van der Waals surface area contributed by atoms with Crippen molar-refractivity contribution in [3.63, 3.8) is 0 Å². The first-order valence-electron chi connectivity index (χ1n) is 7.99.